The van der Waals surface area contributed by atoms with Gasteiger partial charge in [0.2, 0.25) is 0 Å². The Balaban J connectivity index is 2.76. The van der Waals surface area contributed by atoms with Crippen molar-refractivity contribution in [2.75, 3.05) is 6.61 Å². The lowest BCUT2D eigenvalue weighted by molar-refractivity contribution is 0.0525. The lowest BCUT2D eigenvalue weighted by atomic mass is 10.2. The molecule has 2 aromatic heterocycles. The molecule has 0 spiro atoms. The fraction of sp³-hybridized carbons (Fsp3) is 0.357. The summed E-state index contributed by atoms with van der Waals surface area (Å²) in [5, 5.41) is 0.813. The summed E-state index contributed by atoms with van der Waals surface area (Å²) in [6.07, 6.45) is 1.73. The van der Waals surface area contributed by atoms with E-state index in [1.54, 1.807) is 13.1 Å². The van der Waals surface area contributed by atoms with Gasteiger partial charge in [-0.3, -0.25) is 0 Å². The Bertz CT molecular complexity index is 692. The van der Waals surface area contributed by atoms with Gasteiger partial charge in [-0.2, -0.15) is 0 Å². The fourth-order valence-corrected chi connectivity index (χ4v) is 2.25. The third-order valence-electron chi connectivity index (χ3n) is 2.90. The van der Waals surface area contributed by atoms with E-state index < -0.39 is 0 Å². The van der Waals surface area contributed by atoms with Crippen LogP contribution in [-0.2, 0) is 11.3 Å². The second-order valence-electron chi connectivity index (χ2n) is 4.20. The summed E-state index contributed by atoms with van der Waals surface area (Å²) >= 11 is 5.38. The number of aromatic nitrogens is 2. The fourth-order valence-electron chi connectivity index (χ4n) is 1.96. The topological polar surface area (TPSA) is 44.1 Å². The zero-order valence-electron chi connectivity index (χ0n) is 11.3. The SMILES string of the molecule is CCOC(=O)c1cn(CC)c2nc(C)ccc2c1=S. The van der Waals surface area contributed by atoms with E-state index in [1.807, 2.05) is 30.5 Å². The molecule has 100 valence electrons. The van der Waals surface area contributed by atoms with Gasteiger partial charge in [-0.25, -0.2) is 9.78 Å². The lowest BCUT2D eigenvalue weighted by Crippen LogP contribution is -2.10. The number of ether oxygens (including phenoxy) is 1. The third kappa shape index (κ3) is 2.51. The van der Waals surface area contributed by atoms with Crippen LogP contribution in [0, 0.1) is 11.4 Å². The van der Waals surface area contributed by atoms with Crippen LogP contribution in [0.5, 0.6) is 0 Å². The number of rotatable bonds is 3. The molecule has 4 nitrogen and oxygen atoms in total. The molecule has 0 saturated heterocycles. The van der Waals surface area contributed by atoms with E-state index in [4.69, 9.17) is 17.0 Å². The monoisotopic (exact) mass is 276 g/mol. The first-order chi connectivity index (χ1) is 9.08. The summed E-state index contributed by atoms with van der Waals surface area (Å²) in [6, 6.07) is 3.81. The van der Waals surface area contributed by atoms with E-state index in [9.17, 15) is 4.79 Å². The van der Waals surface area contributed by atoms with Crippen molar-refractivity contribution in [1.82, 2.24) is 9.55 Å². The average Bonchev–Trinajstić information content (AvgIpc) is 2.39. The van der Waals surface area contributed by atoms with Gasteiger partial charge in [-0.05, 0) is 32.9 Å². The highest BCUT2D eigenvalue weighted by Gasteiger charge is 2.14. The number of pyridine rings is 2. The number of carbonyl (C=O) groups is 1. The maximum absolute atomic E-state index is 11.9. The second kappa shape index (κ2) is 5.48. The maximum atomic E-state index is 11.9. The molecule has 0 N–H and O–H groups in total. The molecule has 0 unspecified atom stereocenters. The Hall–Kier alpha value is -1.75. The molecule has 0 aromatic carbocycles. The van der Waals surface area contributed by atoms with Gasteiger partial charge in [-0.1, -0.05) is 12.2 Å². The Morgan fingerprint density at radius 2 is 2.16 bits per heavy atom. The molecule has 2 heterocycles. The normalized spacial score (nSPS) is 10.7. The van der Waals surface area contributed by atoms with Gasteiger partial charge < -0.3 is 9.30 Å². The Kier molecular flexibility index (Phi) is 3.95. The molecule has 0 radical (unpaired) electrons. The van der Waals surface area contributed by atoms with E-state index in [2.05, 4.69) is 4.98 Å². The molecule has 2 rings (SSSR count). The van der Waals surface area contributed by atoms with E-state index in [0.29, 0.717) is 16.7 Å². The highest BCUT2D eigenvalue weighted by molar-refractivity contribution is 7.71. The number of hydrogen-bond donors (Lipinski definition) is 0. The molecule has 2 aromatic rings. The molecule has 0 aliphatic rings. The molecule has 19 heavy (non-hydrogen) atoms. The summed E-state index contributed by atoms with van der Waals surface area (Å²) in [5.74, 6) is -0.378. The van der Waals surface area contributed by atoms with Gasteiger partial charge >= 0.3 is 5.97 Å². The van der Waals surface area contributed by atoms with Crippen molar-refractivity contribution in [3.8, 4) is 0 Å². The van der Waals surface area contributed by atoms with Crippen molar-refractivity contribution in [3.05, 3.63) is 34.1 Å². The Morgan fingerprint density at radius 3 is 2.79 bits per heavy atom. The Labute approximate surface area is 117 Å². The van der Waals surface area contributed by atoms with Crippen LogP contribution in [0.2, 0.25) is 0 Å². The van der Waals surface area contributed by atoms with E-state index >= 15 is 0 Å². The van der Waals surface area contributed by atoms with E-state index in [0.717, 1.165) is 23.3 Å². The van der Waals surface area contributed by atoms with Gasteiger partial charge in [0, 0.05) is 23.8 Å². The molecule has 0 saturated carbocycles. The van der Waals surface area contributed by atoms with Crippen LogP contribution in [0.25, 0.3) is 11.0 Å². The minimum atomic E-state index is -0.378. The summed E-state index contributed by atoms with van der Waals surface area (Å²) in [4.78, 5) is 16.4. The van der Waals surface area contributed by atoms with Gasteiger partial charge in [-0.15, -0.1) is 0 Å². The minimum Gasteiger partial charge on any atom is -0.462 e. The van der Waals surface area contributed by atoms with Gasteiger partial charge in [0.15, 0.2) is 0 Å². The first kappa shape index (κ1) is 13.7. The minimum absolute atomic E-state index is 0.337. The highest BCUT2D eigenvalue weighted by atomic mass is 32.1. The molecule has 5 heteroatoms. The number of hydrogen-bond acceptors (Lipinski definition) is 4. The van der Waals surface area contributed by atoms with Crippen LogP contribution in [-0.4, -0.2) is 22.1 Å². The molecular weight excluding hydrogens is 260 g/mol. The second-order valence-corrected chi connectivity index (χ2v) is 4.61. The van der Waals surface area contributed by atoms with Crippen molar-refractivity contribution in [1.29, 1.82) is 0 Å². The van der Waals surface area contributed by atoms with E-state index in [-0.39, 0.29) is 5.97 Å². The van der Waals surface area contributed by atoms with Crippen molar-refractivity contribution in [2.45, 2.75) is 27.3 Å². The number of carbonyl (C=O) groups excluding carboxylic acids is 1. The highest BCUT2D eigenvalue weighted by Crippen LogP contribution is 2.19. The number of aryl methyl sites for hydroxylation is 2. The zero-order valence-corrected chi connectivity index (χ0v) is 12.1. The molecular formula is C14H16N2O2S. The lowest BCUT2D eigenvalue weighted by Gasteiger charge is -2.11. The average molecular weight is 276 g/mol. The van der Waals surface area contributed by atoms with Crippen molar-refractivity contribution in [2.24, 2.45) is 0 Å². The predicted molar refractivity (Wildman–Crippen MR) is 76.9 cm³/mol. The van der Waals surface area contributed by atoms with Crippen LogP contribution >= 0.6 is 12.2 Å². The maximum Gasteiger partial charge on any atom is 0.341 e. The molecule has 0 bridgehead atoms. The predicted octanol–water partition coefficient (Wildman–Crippen LogP) is 3.27. The first-order valence-electron chi connectivity index (χ1n) is 6.26. The quantitative estimate of drug-likeness (QED) is 0.637. The van der Waals surface area contributed by atoms with Crippen molar-refractivity contribution >= 4 is 29.2 Å². The summed E-state index contributed by atoms with van der Waals surface area (Å²) in [6.45, 7) is 6.77. The summed E-state index contributed by atoms with van der Waals surface area (Å²) in [7, 11) is 0. The standard InChI is InChI=1S/C14H16N2O2S/c1-4-16-8-11(14(17)18-5-2)12(19)10-7-6-9(3)15-13(10)16/h6-8H,4-5H2,1-3H3. The number of esters is 1. The van der Waals surface area contributed by atoms with Crippen molar-refractivity contribution < 1.29 is 9.53 Å². The largest absolute Gasteiger partial charge is 0.462 e. The van der Waals surface area contributed by atoms with Crippen LogP contribution in [0.3, 0.4) is 0 Å². The van der Waals surface area contributed by atoms with E-state index in [1.165, 1.54) is 0 Å². The first-order valence-corrected chi connectivity index (χ1v) is 6.67. The van der Waals surface area contributed by atoms with Gasteiger partial charge in [0.1, 0.15) is 5.65 Å². The summed E-state index contributed by atoms with van der Waals surface area (Å²) < 4.78 is 7.47. The zero-order chi connectivity index (χ0) is 14.0. The van der Waals surface area contributed by atoms with Crippen LogP contribution < -0.4 is 0 Å². The van der Waals surface area contributed by atoms with Crippen molar-refractivity contribution in [3.63, 3.8) is 0 Å². The van der Waals surface area contributed by atoms with Crippen LogP contribution in [0.4, 0.5) is 0 Å². The molecule has 0 aliphatic carbocycles. The Morgan fingerprint density at radius 1 is 1.42 bits per heavy atom. The van der Waals surface area contributed by atoms with Crippen LogP contribution in [0.1, 0.15) is 29.9 Å². The number of fused-ring (bicyclic) bond motifs is 1. The molecule has 0 atom stereocenters. The molecule has 0 fully saturated rings. The molecule has 0 amide bonds. The third-order valence-corrected chi connectivity index (χ3v) is 3.34. The molecule has 0 aliphatic heterocycles. The summed E-state index contributed by atoms with van der Waals surface area (Å²) in [5.41, 5.74) is 2.16. The van der Waals surface area contributed by atoms with Crippen LogP contribution in [0.15, 0.2) is 18.3 Å². The number of nitrogens with zero attached hydrogens (tertiary/aromatic N) is 2. The van der Waals surface area contributed by atoms with Gasteiger partial charge in [0.05, 0.1) is 16.7 Å². The smallest absolute Gasteiger partial charge is 0.341 e. The van der Waals surface area contributed by atoms with Gasteiger partial charge in [0.25, 0.3) is 0 Å².